The fourth-order valence-corrected chi connectivity index (χ4v) is 2.12. The summed E-state index contributed by atoms with van der Waals surface area (Å²) in [5.41, 5.74) is 0.496. The molecule has 114 valence electrons. The molecule has 0 aliphatic rings. The zero-order valence-electron chi connectivity index (χ0n) is 11.8. The fraction of sp³-hybridized carbons (Fsp3) is 0.125. The second-order valence-electron chi connectivity index (χ2n) is 4.58. The van der Waals surface area contributed by atoms with E-state index in [0.717, 1.165) is 4.90 Å². The largest absolute Gasteiger partial charge is 0.323 e. The van der Waals surface area contributed by atoms with Crippen molar-refractivity contribution in [2.24, 2.45) is 0 Å². The lowest BCUT2D eigenvalue weighted by Crippen LogP contribution is -2.37. The number of para-hydroxylation sites is 2. The van der Waals surface area contributed by atoms with Gasteiger partial charge < -0.3 is 10.2 Å². The van der Waals surface area contributed by atoms with E-state index in [1.54, 1.807) is 30.3 Å². The second-order valence-corrected chi connectivity index (χ2v) is 4.99. The second kappa shape index (κ2) is 7.04. The maximum Gasteiger partial charge on any atom is 0.244 e. The molecule has 2 aromatic rings. The van der Waals surface area contributed by atoms with Crippen LogP contribution in [0, 0.1) is 5.82 Å². The van der Waals surface area contributed by atoms with Crippen LogP contribution in [0.1, 0.15) is 6.92 Å². The van der Waals surface area contributed by atoms with E-state index in [-0.39, 0.29) is 12.2 Å². The molecule has 4 nitrogen and oxygen atoms in total. The molecule has 0 aliphatic carbocycles. The standard InChI is InChI=1S/C16H14ClFN2O2/c1-11(21)20(15-9-5-3-7-13(15)18)10-16(22)19-14-8-4-2-6-12(14)17/h2-9H,10H2,1H3,(H,19,22). The Morgan fingerprint density at radius 2 is 1.77 bits per heavy atom. The third-order valence-corrected chi connectivity index (χ3v) is 3.30. The summed E-state index contributed by atoms with van der Waals surface area (Å²) in [6.07, 6.45) is 0. The van der Waals surface area contributed by atoms with Crippen LogP contribution < -0.4 is 10.2 Å². The van der Waals surface area contributed by atoms with Crippen LogP contribution >= 0.6 is 11.6 Å². The Labute approximate surface area is 132 Å². The van der Waals surface area contributed by atoms with Crippen LogP contribution in [0.5, 0.6) is 0 Å². The lowest BCUT2D eigenvalue weighted by atomic mass is 10.2. The Morgan fingerprint density at radius 3 is 2.41 bits per heavy atom. The quantitative estimate of drug-likeness (QED) is 0.937. The van der Waals surface area contributed by atoms with Gasteiger partial charge in [0, 0.05) is 6.92 Å². The van der Waals surface area contributed by atoms with Gasteiger partial charge in [-0.1, -0.05) is 35.9 Å². The molecule has 0 saturated heterocycles. The smallest absolute Gasteiger partial charge is 0.244 e. The topological polar surface area (TPSA) is 49.4 Å². The number of hydrogen-bond acceptors (Lipinski definition) is 2. The number of anilines is 2. The summed E-state index contributed by atoms with van der Waals surface area (Å²) >= 11 is 5.95. The highest BCUT2D eigenvalue weighted by atomic mass is 35.5. The maximum atomic E-state index is 13.8. The highest BCUT2D eigenvalue weighted by molar-refractivity contribution is 6.33. The summed E-state index contributed by atoms with van der Waals surface area (Å²) < 4.78 is 13.8. The summed E-state index contributed by atoms with van der Waals surface area (Å²) in [6.45, 7) is 0.969. The molecule has 0 spiro atoms. The van der Waals surface area contributed by atoms with E-state index in [9.17, 15) is 14.0 Å². The molecule has 0 unspecified atom stereocenters. The van der Waals surface area contributed by atoms with Crippen LogP contribution in [0.15, 0.2) is 48.5 Å². The van der Waals surface area contributed by atoms with Gasteiger partial charge in [-0.25, -0.2) is 4.39 Å². The van der Waals surface area contributed by atoms with Crippen LogP contribution in [0.3, 0.4) is 0 Å². The zero-order chi connectivity index (χ0) is 16.1. The fourth-order valence-electron chi connectivity index (χ4n) is 1.93. The van der Waals surface area contributed by atoms with Crippen molar-refractivity contribution in [2.75, 3.05) is 16.8 Å². The van der Waals surface area contributed by atoms with Gasteiger partial charge in [0.15, 0.2) is 0 Å². The highest BCUT2D eigenvalue weighted by Gasteiger charge is 2.19. The van der Waals surface area contributed by atoms with Crippen molar-refractivity contribution >= 4 is 34.8 Å². The Balaban J connectivity index is 2.15. The predicted octanol–water partition coefficient (Wildman–Crippen LogP) is 3.47. The molecule has 0 atom stereocenters. The number of carbonyl (C=O) groups is 2. The molecule has 22 heavy (non-hydrogen) atoms. The Hall–Kier alpha value is -2.40. The van der Waals surface area contributed by atoms with E-state index in [1.807, 2.05) is 0 Å². The molecule has 2 aromatic carbocycles. The summed E-state index contributed by atoms with van der Waals surface area (Å²) in [4.78, 5) is 24.9. The Bertz CT molecular complexity index is 706. The maximum absolute atomic E-state index is 13.8. The Morgan fingerprint density at radius 1 is 1.14 bits per heavy atom. The van der Waals surface area contributed by atoms with Gasteiger partial charge in [0.1, 0.15) is 12.4 Å². The van der Waals surface area contributed by atoms with Crippen LogP contribution in [-0.2, 0) is 9.59 Å². The van der Waals surface area contributed by atoms with E-state index >= 15 is 0 Å². The molecule has 2 amide bonds. The van der Waals surface area contributed by atoms with Gasteiger partial charge in [-0.2, -0.15) is 0 Å². The molecule has 0 radical (unpaired) electrons. The minimum Gasteiger partial charge on any atom is -0.323 e. The van der Waals surface area contributed by atoms with E-state index in [1.165, 1.54) is 25.1 Å². The molecule has 0 aromatic heterocycles. The van der Waals surface area contributed by atoms with Crippen molar-refractivity contribution in [3.05, 3.63) is 59.4 Å². The molecular weight excluding hydrogens is 307 g/mol. The number of amides is 2. The van der Waals surface area contributed by atoms with Crippen molar-refractivity contribution in [1.29, 1.82) is 0 Å². The monoisotopic (exact) mass is 320 g/mol. The molecule has 0 bridgehead atoms. The number of halogens is 2. The van der Waals surface area contributed by atoms with E-state index < -0.39 is 17.6 Å². The summed E-state index contributed by atoms with van der Waals surface area (Å²) in [5.74, 6) is -1.46. The van der Waals surface area contributed by atoms with Gasteiger partial charge in [0.25, 0.3) is 0 Å². The Kier molecular flexibility index (Phi) is 5.12. The first-order valence-electron chi connectivity index (χ1n) is 6.56. The molecule has 0 fully saturated rings. The van der Waals surface area contributed by atoms with Gasteiger partial charge in [0.05, 0.1) is 16.4 Å². The number of carbonyl (C=O) groups excluding carboxylic acids is 2. The number of nitrogens with one attached hydrogen (secondary N) is 1. The van der Waals surface area contributed by atoms with Gasteiger partial charge >= 0.3 is 0 Å². The van der Waals surface area contributed by atoms with Crippen LogP contribution in [0.25, 0.3) is 0 Å². The van der Waals surface area contributed by atoms with E-state index in [2.05, 4.69) is 5.32 Å². The highest BCUT2D eigenvalue weighted by Crippen LogP contribution is 2.22. The minimum atomic E-state index is -0.566. The van der Waals surface area contributed by atoms with E-state index in [4.69, 9.17) is 11.6 Å². The van der Waals surface area contributed by atoms with Gasteiger partial charge in [-0.15, -0.1) is 0 Å². The molecule has 1 N–H and O–H groups in total. The lowest BCUT2D eigenvalue weighted by Gasteiger charge is -2.21. The first-order chi connectivity index (χ1) is 10.5. The van der Waals surface area contributed by atoms with Crippen LogP contribution in [0.2, 0.25) is 5.02 Å². The van der Waals surface area contributed by atoms with Crippen molar-refractivity contribution in [3.63, 3.8) is 0 Å². The average Bonchev–Trinajstić information content (AvgIpc) is 2.48. The zero-order valence-corrected chi connectivity index (χ0v) is 12.6. The molecule has 0 heterocycles. The van der Waals surface area contributed by atoms with Crippen molar-refractivity contribution < 1.29 is 14.0 Å². The van der Waals surface area contributed by atoms with Gasteiger partial charge in [-0.05, 0) is 24.3 Å². The van der Waals surface area contributed by atoms with Crippen molar-refractivity contribution in [2.45, 2.75) is 6.92 Å². The average molecular weight is 321 g/mol. The lowest BCUT2D eigenvalue weighted by molar-refractivity contribution is -0.120. The van der Waals surface area contributed by atoms with E-state index in [0.29, 0.717) is 10.7 Å². The minimum absolute atomic E-state index is 0.0595. The molecule has 0 saturated carbocycles. The van der Waals surface area contributed by atoms with Crippen molar-refractivity contribution in [1.82, 2.24) is 0 Å². The third-order valence-electron chi connectivity index (χ3n) is 2.97. The van der Waals surface area contributed by atoms with Gasteiger partial charge in [-0.3, -0.25) is 9.59 Å². The normalized spacial score (nSPS) is 10.1. The van der Waals surface area contributed by atoms with Crippen molar-refractivity contribution in [3.8, 4) is 0 Å². The first-order valence-corrected chi connectivity index (χ1v) is 6.94. The number of hydrogen-bond donors (Lipinski definition) is 1. The van der Waals surface area contributed by atoms with Gasteiger partial charge in [0.2, 0.25) is 11.8 Å². The van der Waals surface area contributed by atoms with Crippen LogP contribution in [0.4, 0.5) is 15.8 Å². The number of nitrogens with zero attached hydrogens (tertiary/aromatic N) is 1. The predicted molar refractivity (Wildman–Crippen MR) is 84.5 cm³/mol. The number of benzene rings is 2. The third kappa shape index (κ3) is 3.83. The number of rotatable bonds is 4. The molecule has 0 aliphatic heterocycles. The molecule has 6 heteroatoms. The summed E-state index contributed by atoms with van der Waals surface area (Å²) in [6, 6.07) is 12.5. The first kappa shape index (κ1) is 16.0. The molecular formula is C16H14ClFN2O2. The van der Waals surface area contributed by atoms with Crippen LogP contribution in [-0.4, -0.2) is 18.4 Å². The summed E-state index contributed by atoms with van der Waals surface area (Å²) in [7, 11) is 0. The SMILES string of the molecule is CC(=O)N(CC(=O)Nc1ccccc1Cl)c1ccccc1F. The summed E-state index contributed by atoms with van der Waals surface area (Å²) in [5, 5.41) is 2.98. The molecule has 2 rings (SSSR count).